The normalized spacial score (nSPS) is 10.8. The number of nitrogens with one attached hydrogen (secondary N) is 1. The smallest absolute Gasteiger partial charge is 0.126 e. The minimum atomic E-state index is -0.166. The van der Waals surface area contributed by atoms with Gasteiger partial charge in [-0.15, -0.1) is 0 Å². The van der Waals surface area contributed by atoms with Crippen molar-refractivity contribution in [3.63, 3.8) is 0 Å². The summed E-state index contributed by atoms with van der Waals surface area (Å²) < 4.78 is 15.8. The molecule has 0 amide bonds. The van der Waals surface area contributed by atoms with E-state index in [0.29, 0.717) is 12.0 Å². The first-order chi connectivity index (χ1) is 8.74. The fourth-order valence-electron chi connectivity index (χ4n) is 2.04. The van der Waals surface area contributed by atoms with E-state index in [2.05, 4.69) is 17.2 Å². The summed E-state index contributed by atoms with van der Waals surface area (Å²) in [5.41, 5.74) is 1.78. The van der Waals surface area contributed by atoms with E-state index in [1.54, 1.807) is 6.20 Å². The Balaban J connectivity index is 2.25. The standard InChI is InChI=1S/C14H18FN3/c1-3-18-7-6-17-14(18)9-12-8-11(10-16-2)4-5-13(12)15/h4-8,16H,3,9-10H2,1-2H3. The molecule has 2 rings (SSSR count). The maximum Gasteiger partial charge on any atom is 0.126 e. The second-order valence-electron chi connectivity index (χ2n) is 4.26. The molecule has 96 valence electrons. The van der Waals surface area contributed by atoms with Crippen molar-refractivity contribution in [3.8, 4) is 0 Å². The maximum absolute atomic E-state index is 13.8. The van der Waals surface area contributed by atoms with E-state index in [4.69, 9.17) is 0 Å². The molecule has 4 heteroatoms. The van der Waals surface area contributed by atoms with Gasteiger partial charge >= 0.3 is 0 Å². The zero-order chi connectivity index (χ0) is 13.0. The fraction of sp³-hybridized carbons (Fsp3) is 0.357. The summed E-state index contributed by atoms with van der Waals surface area (Å²) in [6.07, 6.45) is 4.21. The topological polar surface area (TPSA) is 29.9 Å². The van der Waals surface area contributed by atoms with Crippen LogP contribution in [-0.4, -0.2) is 16.6 Å². The van der Waals surface area contributed by atoms with Gasteiger partial charge in [-0.3, -0.25) is 0 Å². The van der Waals surface area contributed by atoms with Crippen LogP contribution in [0.1, 0.15) is 23.9 Å². The lowest BCUT2D eigenvalue weighted by atomic mass is 10.1. The van der Waals surface area contributed by atoms with Crippen LogP contribution in [0.3, 0.4) is 0 Å². The molecule has 0 fully saturated rings. The average molecular weight is 247 g/mol. The van der Waals surface area contributed by atoms with Crippen LogP contribution in [-0.2, 0) is 19.5 Å². The molecule has 3 nitrogen and oxygen atoms in total. The molecular formula is C14H18FN3. The molecule has 0 bridgehead atoms. The molecule has 1 N–H and O–H groups in total. The van der Waals surface area contributed by atoms with Gasteiger partial charge in [0, 0.05) is 31.9 Å². The van der Waals surface area contributed by atoms with E-state index in [1.165, 1.54) is 6.07 Å². The molecule has 1 aromatic heterocycles. The Morgan fingerprint density at radius 1 is 1.39 bits per heavy atom. The molecule has 2 aromatic rings. The van der Waals surface area contributed by atoms with Gasteiger partial charge in [-0.2, -0.15) is 0 Å². The van der Waals surface area contributed by atoms with Crippen LogP contribution in [0, 0.1) is 5.82 Å². The van der Waals surface area contributed by atoms with E-state index in [-0.39, 0.29) is 5.82 Å². The summed E-state index contributed by atoms with van der Waals surface area (Å²) in [4.78, 5) is 4.28. The number of halogens is 1. The molecule has 18 heavy (non-hydrogen) atoms. The summed E-state index contributed by atoms with van der Waals surface area (Å²) >= 11 is 0. The number of hydrogen-bond donors (Lipinski definition) is 1. The van der Waals surface area contributed by atoms with Crippen LogP contribution in [0.2, 0.25) is 0 Å². The third-order valence-electron chi connectivity index (χ3n) is 2.98. The van der Waals surface area contributed by atoms with Crippen molar-refractivity contribution >= 4 is 0 Å². The van der Waals surface area contributed by atoms with E-state index < -0.39 is 0 Å². The van der Waals surface area contributed by atoms with Gasteiger partial charge in [-0.1, -0.05) is 12.1 Å². The van der Waals surface area contributed by atoms with Crippen molar-refractivity contribution in [3.05, 3.63) is 53.4 Å². The molecule has 0 aliphatic rings. The van der Waals surface area contributed by atoms with Gasteiger partial charge in [0.05, 0.1) is 0 Å². The van der Waals surface area contributed by atoms with Gasteiger partial charge in [0.25, 0.3) is 0 Å². The number of aryl methyl sites for hydroxylation is 1. The Bertz CT molecular complexity index is 520. The second kappa shape index (κ2) is 5.78. The van der Waals surface area contributed by atoms with Crippen LogP contribution in [0.5, 0.6) is 0 Å². The molecule has 0 unspecified atom stereocenters. The number of nitrogens with zero attached hydrogens (tertiary/aromatic N) is 2. The molecule has 0 saturated carbocycles. The van der Waals surface area contributed by atoms with E-state index in [0.717, 1.165) is 24.5 Å². The summed E-state index contributed by atoms with van der Waals surface area (Å²) in [6, 6.07) is 5.24. The van der Waals surface area contributed by atoms with Gasteiger partial charge < -0.3 is 9.88 Å². The van der Waals surface area contributed by atoms with Crippen LogP contribution >= 0.6 is 0 Å². The molecular weight excluding hydrogens is 229 g/mol. The molecule has 1 heterocycles. The molecule has 0 radical (unpaired) electrons. The Hall–Kier alpha value is -1.68. The lowest BCUT2D eigenvalue weighted by molar-refractivity contribution is 0.606. The highest BCUT2D eigenvalue weighted by atomic mass is 19.1. The van der Waals surface area contributed by atoms with Crippen molar-refractivity contribution in [1.29, 1.82) is 0 Å². The lowest BCUT2D eigenvalue weighted by Crippen LogP contribution is -2.07. The molecule has 0 saturated heterocycles. The molecule has 1 aromatic carbocycles. The number of imidazole rings is 1. The first-order valence-electron chi connectivity index (χ1n) is 6.16. The fourth-order valence-corrected chi connectivity index (χ4v) is 2.04. The Morgan fingerprint density at radius 3 is 2.94 bits per heavy atom. The first kappa shape index (κ1) is 12.8. The Labute approximate surface area is 107 Å². The second-order valence-corrected chi connectivity index (χ2v) is 4.26. The highest BCUT2D eigenvalue weighted by Crippen LogP contribution is 2.15. The minimum absolute atomic E-state index is 0.166. The summed E-state index contributed by atoms with van der Waals surface area (Å²) in [6.45, 7) is 3.65. The molecule has 0 aliphatic heterocycles. The maximum atomic E-state index is 13.8. The van der Waals surface area contributed by atoms with E-state index in [1.807, 2.05) is 29.9 Å². The van der Waals surface area contributed by atoms with Gasteiger partial charge in [0.1, 0.15) is 11.6 Å². The monoisotopic (exact) mass is 247 g/mol. The first-order valence-corrected chi connectivity index (χ1v) is 6.16. The average Bonchev–Trinajstić information content (AvgIpc) is 2.81. The van der Waals surface area contributed by atoms with Crippen molar-refractivity contribution in [2.75, 3.05) is 7.05 Å². The highest BCUT2D eigenvalue weighted by Gasteiger charge is 2.08. The summed E-state index contributed by atoms with van der Waals surface area (Å²) in [7, 11) is 1.88. The van der Waals surface area contributed by atoms with Crippen LogP contribution in [0.15, 0.2) is 30.6 Å². The number of aromatic nitrogens is 2. The predicted octanol–water partition coefficient (Wildman–Crippen LogP) is 2.35. The molecule has 0 spiro atoms. The molecule has 0 aliphatic carbocycles. The van der Waals surface area contributed by atoms with Crippen LogP contribution in [0.25, 0.3) is 0 Å². The van der Waals surface area contributed by atoms with Crippen molar-refractivity contribution in [2.45, 2.75) is 26.4 Å². The quantitative estimate of drug-likeness (QED) is 0.879. The Morgan fingerprint density at radius 2 is 2.22 bits per heavy atom. The zero-order valence-corrected chi connectivity index (χ0v) is 10.8. The molecule has 0 atom stereocenters. The van der Waals surface area contributed by atoms with Crippen molar-refractivity contribution < 1.29 is 4.39 Å². The third-order valence-corrected chi connectivity index (χ3v) is 2.98. The van der Waals surface area contributed by atoms with Crippen molar-refractivity contribution in [2.24, 2.45) is 0 Å². The number of benzene rings is 1. The van der Waals surface area contributed by atoms with Crippen LogP contribution < -0.4 is 5.32 Å². The van der Waals surface area contributed by atoms with E-state index >= 15 is 0 Å². The Kier molecular flexibility index (Phi) is 4.10. The number of rotatable bonds is 5. The van der Waals surface area contributed by atoms with Gasteiger partial charge in [0.2, 0.25) is 0 Å². The van der Waals surface area contributed by atoms with Gasteiger partial charge in [-0.05, 0) is 31.2 Å². The predicted molar refractivity (Wildman–Crippen MR) is 69.9 cm³/mol. The summed E-state index contributed by atoms with van der Waals surface area (Å²) in [5, 5.41) is 3.07. The minimum Gasteiger partial charge on any atom is -0.335 e. The SMILES string of the molecule is CCn1ccnc1Cc1cc(CNC)ccc1F. The number of hydrogen-bond acceptors (Lipinski definition) is 2. The highest BCUT2D eigenvalue weighted by molar-refractivity contribution is 5.27. The van der Waals surface area contributed by atoms with Crippen molar-refractivity contribution in [1.82, 2.24) is 14.9 Å². The van der Waals surface area contributed by atoms with E-state index in [9.17, 15) is 4.39 Å². The van der Waals surface area contributed by atoms with Gasteiger partial charge in [0.15, 0.2) is 0 Å². The lowest BCUT2D eigenvalue weighted by Gasteiger charge is -2.08. The third kappa shape index (κ3) is 2.76. The van der Waals surface area contributed by atoms with Gasteiger partial charge in [-0.25, -0.2) is 9.37 Å². The van der Waals surface area contributed by atoms with Crippen LogP contribution in [0.4, 0.5) is 4.39 Å². The zero-order valence-electron chi connectivity index (χ0n) is 10.8. The largest absolute Gasteiger partial charge is 0.335 e. The summed E-state index contributed by atoms with van der Waals surface area (Å²) in [5.74, 6) is 0.735.